The van der Waals surface area contributed by atoms with E-state index in [1.54, 1.807) is 7.05 Å². The number of urea groups is 1. The maximum Gasteiger partial charge on any atom is 0.315 e. The molecule has 1 aliphatic rings. The lowest BCUT2D eigenvalue weighted by molar-refractivity contribution is 0.153. The Balaban J connectivity index is 2.09. The zero-order chi connectivity index (χ0) is 22.3. The first kappa shape index (κ1) is 23.8. The number of hydrogen-bond acceptors (Lipinski definition) is 6. The van der Waals surface area contributed by atoms with Crippen molar-refractivity contribution < 1.29 is 9.53 Å². The zero-order valence-corrected chi connectivity index (χ0v) is 19.0. The Morgan fingerprint density at radius 3 is 2.50 bits per heavy atom. The van der Waals surface area contributed by atoms with E-state index in [0.29, 0.717) is 23.0 Å². The van der Waals surface area contributed by atoms with E-state index in [4.69, 9.17) is 16.3 Å². The summed E-state index contributed by atoms with van der Waals surface area (Å²) in [6, 6.07) is 3.55. The molecule has 0 bridgehead atoms. The molecule has 1 unspecified atom stereocenters. The molecular formula is C22H38N6O2. The van der Waals surface area contributed by atoms with Crippen molar-refractivity contribution in [1.29, 1.82) is 0 Å². The van der Waals surface area contributed by atoms with Gasteiger partial charge >= 0.3 is 6.03 Å². The van der Waals surface area contributed by atoms with Gasteiger partial charge in [0.05, 0.1) is 35.4 Å². The lowest BCUT2D eigenvalue weighted by atomic mass is 9.98. The Hall–Kier alpha value is -2.48. The number of hydrazine groups is 1. The SMILES string of the molecule is Cc1nc(/C(N)=C(\CNC(=O)NC(C)C(C)C)N(C)N)ccc1OC1CCCCC1. The van der Waals surface area contributed by atoms with Crippen molar-refractivity contribution in [1.82, 2.24) is 20.6 Å². The highest BCUT2D eigenvalue weighted by molar-refractivity contribution is 5.75. The third kappa shape index (κ3) is 6.79. The van der Waals surface area contributed by atoms with Crippen molar-refractivity contribution >= 4 is 11.7 Å². The molecule has 168 valence electrons. The third-order valence-electron chi connectivity index (χ3n) is 5.67. The molecule has 2 rings (SSSR count). The smallest absolute Gasteiger partial charge is 0.315 e. The van der Waals surface area contributed by atoms with Crippen molar-refractivity contribution in [3.8, 4) is 5.75 Å². The van der Waals surface area contributed by atoms with Crippen molar-refractivity contribution in [2.75, 3.05) is 13.6 Å². The van der Waals surface area contributed by atoms with Crippen LogP contribution in [0, 0.1) is 12.8 Å². The van der Waals surface area contributed by atoms with Crippen LogP contribution in [0.5, 0.6) is 5.75 Å². The number of hydrogen-bond donors (Lipinski definition) is 4. The van der Waals surface area contributed by atoms with Crippen LogP contribution in [0.4, 0.5) is 4.79 Å². The van der Waals surface area contributed by atoms with E-state index >= 15 is 0 Å². The molecule has 0 saturated heterocycles. The molecule has 1 aromatic heterocycles. The molecule has 1 aliphatic carbocycles. The first-order valence-electron chi connectivity index (χ1n) is 10.8. The second kappa shape index (κ2) is 11.1. The van der Waals surface area contributed by atoms with Gasteiger partial charge in [-0.15, -0.1) is 0 Å². The molecule has 6 N–H and O–H groups in total. The Morgan fingerprint density at radius 2 is 1.93 bits per heavy atom. The average Bonchev–Trinajstić information content (AvgIpc) is 2.69. The van der Waals surface area contributed by atoms with E-state index in [9.17, 15) is 4.79 Å². The number of likely N-dealkylation sites (N-methyl/N-ethyl adjacent to an activating group) is 1. The third-order valence-corrected chi connectivity index (χ3v) is 5.67. The van der Waals surface area contributed by atoms with Crippen LogP contribution in [-0.2, 0) is 0 Å². The van der Waals surface area contributed by atoms with Crippen molar-refractivity contribution in [2.24, 2.45) is 17.5 Å². The number of nitrogens with one attached hydrogen (secondary N) is 2. The predicted octanol–water partition coefficient (Wildman–Crippen LogP) is 2.88. The molecule has 1 fully saturated rings. The highest BCUT2D eigenvalue weighted by atomic mass is 16.5. The van der Waals surface area contributed by atoms with Crippen molar-refractivity contribution in [2.45, 2.75) is 71.9 Å². The van der Waals surface area contributed by atoms with Gasteiger partial charge in [-0.3, -0.25) is 0 Å². The summed E-state index contributed by atoms with van der Waals surface area (Å²) in [6.45, 7) is 8.18. The van der Waals surface area contributed by atoms with Gasteiger partial charge < -0.3 is 26.1 Å². The summed E-state index contributed by atoms with van der Waals surface area (Å²) in [7, 11) is 1.69. The molecule has 1 heterocycles. The monoisotopic (exact) mass is 418 g/mol. The molecule has 1 saturated carbocycles. The van der Waals surface area contributed by atoms with Crippen LogP contribution in [0.2, 0.25) is 0 Å². The summed E-state index contributed by atoms with van der Waals surface area (Å²) in [4.78, 5) is 16.8. The van der Waals surface area contributed by atoms with Crippen LogP contribution in [0.15, 0.2) is 17.8 Å². The molecule has 8 nitrogen and oxygen atoms in total. The van der Waals surface area contributed by atoms with Crippen LogP contribution in [0.1, 0.15) is 64.3 Å². The van der Waals surface area contributed by atoms with E-state index in [2.05, 4.69) is 29.5 Å². The number of nitrogens with two attached hydrogens (primary N) is 2. The number of nitrogens with zero attached hydrogens (tertiary/aromatic N) is 2. The molecule has 0 spiro atoms. The van der Waals surface area contributed by atoms with Gasteiger partial charge in [0.1, 0.15) is 5.75 Å². The molecule has 30 heavy (non-hydrogen) atoms. The van der Waals surface area contributed by atoms with E-state index < -0.39 is 0 Å². The summed E-state index contributed by atoms with van der Waals surface area (Å²) in [5, 5.41) is 7.13. The molecule has 8 heteroatoms. The number of aryl methyl sites for hydroxylation is 1. The van der Waals surface area contributed by atoms with Gasteiger partial charge in [0, 0.05) is 13.1 Å². The maximum atomic E-state index is 12.2. The summed E-state index contributed by atoms with van der Waals surface area (Å²) in [5.74, 6) is 7.11. The van der Waals surface area contributed by atoms with E-state index in [0.717, 1.165) is 24.3 Å². The van der Waals surface area contributed by atoms with Crippen LogP contribution in [-0.4, -0.2) is 41.8 Å². The van der Waals surface area contributed by atoms with Crippen LogP contribution < -0.4 is 26.9 Å². The second-order valence-corrected chi connectivity index (χ2v) is 8.49. The van der Waals surface area contributed by atoms with Gasteiger partial charge in [-0.05, 0) is 57.6 Å². The number of ether oxygens (including phenoxy) is 1. The summed E-state index contributed by atoms with van der Waals surface area (Å²) in [6.07, 6.45) is 6.17. The van der Waals surface area contributed by atoms with Gasteiger partial charge in [0.25, 0.3) is 0 Å². The number of aromatic nitrogens is 1. The molecule has 0 aliphatic heterocycles. The fourth-order valence-electron chi connectivity index (χ4n) is 3.33. The second-order valence-electron chi connectivity index (χ2n) is 8.49. The largest absolute Gasteiger partial charge is 0.489 e. The quantitative estimate of drug-likeness (QED) is 0.381. The topological polar surface area (TPSA) is 119 Å². The van der Waals surface area contributed by atoms with Crippen LogP contribution in [0.25, 0.3) is 5.70 Å². The zero-order valence-electron chi connectivity index (χ0n) is 19.0. The van der Waals surface area contributed by atoms with Gasteiger partial charge in [-0.25, -0.2) is 15.6 Å². The minimum absolute atomic E-state index is 0.0615. The first-order chi connectivity index (χ1) is 14.2. The predicted molar refractivity (Wildman–Crippen MR) is 120 cm³/mol. The highest BCUT2D eigenvalue weighted by Crippen LogP contribution is 2.26. The molecule has 0 radical (unpaired) electrons. The lowest BCUT2D eigenvalue weighted by Crippen LogP contribution is -2.45. The number of pyridine rings is 1. The first-order valence-corrected chi connectivity index (χ1v) is 10.8. The molecule has 2 amide bonds. The van der Waals surface area contributed by atoms with E-state index in [1.807, 2.05) is 26.0 Å². The maximum absolute atomic E-state index is 12.2. The van der Waals surface area contributed by atoms with E-state index in [-0.39, 0.29) is 24.7 Å². The van der Waals surface area contributed by atoms with Gasteiger partial charge in [0.15, 0.2) is 0 Å². The molecule has 0 aromatic carbocycles. The lowest BCUT2D eigenvalue weighted by Gasteiger charge is -2.24. The summed E-state index contributed by atoms with van der Waals surface area (Å²) >= 11 is 0. The Kier molecular flexibility index (Phi) is 8.77. The number of amides is 2. The van der Waals surface area contributed by atoms with Crippen LogP contribution >= 0.6 is 0 Å². The van der Waals surface area contributed by atoms with Gasteiger partial charge in [0.2, 0.25) is 0 Å². The normalized spacial score (nSPS) is 16.6. The fourth-order valence-corrected chi connectivity index (χ4v) is 3.33. The number of carbonyl (C=O) groups is 1. The number of rotatable bonds is 8. The highest BCUT2D eigenvalue weighted by Gasteiger charge is 2.18. The fraction of sp³-hybridized carbons (Fsp3) is 0.636. The Morgan fingerprint density at radius 1 is 1.27 bits per heavy atom. The Bertz CT molecular complexity index is 741. The van der Waals surface area contributed by atoms with Gasteiger partial charge in [-0.1, -0.05) is 20.3 Å². The van der Waals surface area contributed by atoms with Gasteiger partial charge in [-0.2, -0.15) is 0 Å². The minimum Gasteiger partial charge on any atom is -0.489 e. The standard InChI is InChI=1S/C22H38N6O2/c1-14(2)15(3)27-22(29)25-13-19(28(5)24)21(23)18-11-12-20(16(4)26-18)30-17-9-7-6-8-10-17/h11-12,14-15,17H,6-10,13,23-24H2,1-5H3,(H2,25,27,29)/b21-19-. The summed E-state index contributed by atoms with van der Waals surface area (Å²) in [5.41, 5.74) is 8.76. The van der Waals surface area contributed by atoms with Crippen molar-refractivity contribution in [3.05, 3.63) is 29.2 Å². The molecular weight excluding hydrogens is 380 g/mol. The van der Waals surface area contributed by atoms with E-state index in [1.165, 1.54) is 24.3 Å². The Labute approximate surface area is 180 Å². The average molecular weight is 419 g/mol. The number of carbonyl (C=O) groups excluding carboxylic acids is 1. The minimum atomic E-state index is -0.260. The molecule has 1 aromatic rings. The van der Waals surface area contributed by atoms with Crippen LogP contribution in [0.3, 0.4) is 0 Å². The van der Waals surface area contributed by atoms with Crippen molar-refractivity contribution in [3.63, 3.8) is 0 Å². The molecule has 1 atom stereocenters. The summed E-state index contributed by atoms with van der Waals surface area (Å²) < 4.78 is 6.14.